The summed E-state index contributed by atoms with van der Waals surface area (Å²) in [5.41, 5.74) is -0.624. The van der Waals surface area contributed by atoms with Gasteiger partial charge in [0, 0.05) is 22.1 Å². The van der Waals surface area contributed by atoms with Gasteiger partial charge in [-0.1, -0.05) is 15.9 Å². The van der Waals surface area contributed by atoms with E-state index in [4.69, 9.17) is 0 Å². The molecular weight excluding hydrogens is 385 g/mol. The van der Waals surface area contributed by atoms with E-state index < -0.39 is 11.7 Å². The highest BCUT2D eigenvalue weighted by atomic mass is 79.9. The van der Waals surface area contributed by atoms with Crippen LogP contribution < -0.4 is 10.6 Å². The summed E-state index contributed by atoms with van der Waals surface area (Å²) < 4.78 is 38.4. The second-order valence-corrected chi connectivity index (χ2v) is 6.11. The number of amides is 1. The van der Waals surface area contributed by atoms with Crippen LogP contribution in [0.15, 0.2) is 22.7 Å². The van der Waals surface area contributed by atoms with Gasteiger partial charge in [0.05, 0.1) is 5.56 Å². The number of hydrogen-bond acceptors (Lipinski definition) is 2. The maximum Gasteiger partial charge on any atom is 0.417 e. The highest BCUT2D eigenvalue weighted by Crippen LogP contribution is 2.36. The number of rotatable bonds is 2. The Morgan fingerprint density at radius 1 is 1.41 bits per heavy atom. The number of carbonyl (C=O) groups is 1. The first kappa shape index (κ1) is 19.3. The summed E-state index contributed by atoms with van der Waals surface area (Å²) in [5.74, 6) is -0.391. The molecule has 0 unspecified atom stereocenters. The molecule has 1 fully saturated rings. The minimum Gasteiger partial charge on any atom is -0.326 e. The van der Waals surface area contributed by atoms with Gasteiger partial charge in [-0.2, -0.15) is 13.2 Å². The molecule has 0 saturated carbocycles. The van der Waals surface area contributed by atoms with Crippen LogP contribution in [-0.2, 0) is 11.0 Å². The number of piperidine rings is 1. The average molecular weight is 402 g/mol. The molecule has 8 heteroatoms. The Bertz CT molecular complexity index is 539. The quantitative estimate of drug-likeness (QED) is 0.779. The van der Waals surface area contributed by atoms with Crippen LogP contribution in [0.1, 0.15) is 25.3 Å². The molecule has 0 bridgehead atoms. The molecule has 1 saturated heterocycles. The van der Waals surface area contributed by atoms with Crippen LogP contribution in [0.5, 0.6) is 0 Å². The second kappa shape index (κ2) is 7.66. The lowest BCUT2D eigenvalue weighted by Gasteiger charge is -2.27. The van der Waals surface area contributed by atoms with Gasteiger partial charge in [0.15, 0.2) is 0 Å². The number of hydrogen-bond donors (Lipinski definition) is 2. The van der Waals surface area contributed by atoms with Crippen LogP contribution in [0, 0.1) is 5.92 Å². The third kappa shape index (κ3) is 4.86. The van der Waals surface area contributed by atoms with Crippen molar-refractivity contribution in [2.75, 3.05) is 11.9 Å². The van der Waals surface area contributed by atoms with Gasteiger partial charge in [-0.15, -0.1) is 12.4 Å². The SMILES string of the molecule is C[C@H]1C[C@@H](C(=O)Nc2ccc(Br)c(C(F)(F)F)c2)CCN1.Cl. The first-order valence-electron chi connectivity index (χ1n) is 6.68. The fourth-order valence-electron chi connectivity index (χ4n) is 2.43. The molecule has 1 heterocycles. The molecule has 0 spiro atoms. The Balaban J connectivity index is 0.00000242. The lowest BCUT2D eigenvalue weighted by atomic mass is 9.92. The van der Waals surface area contributed by atoms with Crippen LogP contribution in [-0.4, -0.2) is 18.5 Å². The molecule has 0 aliphatic carbocycles. The zero-order valence-corrected chi connectivity index (χ0v) is 14.2. The molecular formula is C14H17BrClF3N2O. The summed E-state index contributed by atoms with van der Waals surface area (Å²) in [6.07, 6.45) is -3.07. The normalized spacial score (nSPS) is 21.9. The van der Waals surface area contributed by atoms with Crippen molar-refractivity contribution >= 4 is 39.9 Å². The van der Waals surface area contributed by atoms with Crippen molar-refractivity contribution in [3.8, 4) is 0 Å². The first-order valence-corrected chi connectivity index (χ1v) is 7.47. The number of halogens is 5. The third-order valence-electron chi connectivity index (χ3n) is 3.53. The fourth-order valence-corrected chi connectivity index (χ4v) is 2.91. The maximum atomic E-state index is 12.8. The van der Waals surface area contributed by atoms with E-state index in [-0.39, 0.29) is 40.4 Å². The Labute approximate surface area is 141 Å². The van der Waals surface area contributed by atoms with E-state index in [9.17, 15) is 18.0 Å². The lowest BCUT2D eigenvalue weighted by Crippen LogP contribution is -2.40. The van der Waals surface area contributed by atoms with Gasteiger partial charge in [-0.3, -0.25) is 4.79 Å². The molecule has 124 valence electrons. The Hall–Kier alpha value is -0.790. The summed E-state index contributed by atoms with van der Waals surface area (Å²) in [6.45, 7) is 2.73. The van der Waals surface area contributed by atoms with Crippen molar-refractivity contribution in [1.82, 2.24) is 5.32 Å². The minimum atomic E-state index is -4.46. The van der Waals surface area contributed by atoms with Crippen LogP contribution in [0.2, 0.25) is 0 Å². The standard InChI is InChI=1S/C14H16BrF3N2O.ClH/c1-8-6-9(4-5-19-8)13(21)20-10-2-3-12(15)11(7-10)14(16,17)18;/h2-3,7-9,19H,4-6H2,1H3,(H,20,21);1H/t8-,9-;/m0./s1. The van der Waals surface area contributed by atoms with Crippen molar-refractivity contribution in [3.05, 3.63) is 28.2 Å². The molecule has 1 aliphatic rings. The van der Waals surface area contributed by atoms with Crippen LogP contribution in [0.25, 0.3) is 0 Å². The van der Waals surface area contributed by atoms with E-state index in [0.29, 0.717) is 12.8 Å². The van der Waals surface area contributed by atoms with Crippen molar-refractivity contribution in [2.45, 2.75) is 32.0 Å². The number of alkyl halides is 3. The van der Waals surface area contributed by atoms with E-state index in [0.717, 1.165) is 12.6 Å². The highest BCUT2D eigenvalue weighted by Gasteiger charge is 2.33. The summed E-state index contributed by atoms with van der Waals surface area (Å²) >= 11 is 2.88. The largest absolute Gasteiger partial charge is 0.417 e. The van der Waals surface area contributed by atoms with E-state index in [1.807, 2.05) is 6.92 Å². The molecule has 0 radical (unpaired) electrons. The zero-order valence-electron chi connectivity index (χ0n) is 11.8. The molecule has 2 atom stereocenters. The van der Waals surface area contributed by atoms with E-state index in [1.54, 1.807) is 0 Å². The van der Waals surface area contributed by atoms with Crippen LogP contribution in [0.3, 0.4) is 0 Å². The molecule has 2 N–H and O–H groups in total. The van der Waals surface area contributed by atoms with Crippen LogP contribution in [0.4, 0.5) is 18.9 Å². The van der Waals surface area contributed by atoms with Gasteiger partial charge in [0.2, 0.25) is 5.91 Å². The molecule has 0 aromatic heterocycles. The second-order valence-electron chi connectivity index (χ2n) is 5.26. The fraction of sp³-hybridized carbons (Fsp3) is 0.500. The van der Waals surface area contributed by atoms with E-state index >= 15 is 0 Å². The lowest BCUT2D eigenvalue weighted by molar-refractivity contribution is -0.138. The summed E-state index contributed by atoms with van der Waals surface area (Å²) in [7, 11) is 0. The molecule has 1 aromatic rings. The number of carbonyl (C=O) groups excluding carboxylic acids is 1. The molecule has 22 heavy (non-hydrogen) atoms. The molecule has 1 aliphatic heterocycles. The highest BCUT2D eigenvalue weighted by molar-refractivity contribution is 9.10. The van der Waals surface area contributed by atoms with Gasteiger partial charge in [-0.05, 0) is 44.5 Å². The summed E-state index contributed by atoms with van der Waals surface area (Å²) in [4.78, 5) is 12.1. The van der Waals surface area contributed by atoms with Gasteiger partial charge in [0.1, 0.15) is 0 Å². The van der Waals surface area contributed by atoms with E-state index in [2.05, 4.69) is 26.6 Å². The number of nitrogens with one attached hydrogen (secondary N) is 2. The Kier molecular flexibility index (Phi) is 6.70. The maximum absolute atomic E-state index is 12.8. The number of anilines is 1. The monoisotopic (exact) mass is 400 g/mol. The van der Waals surface area contributed by atoms with Crippen molar-refractivity contribution < 1.29 is 18.0 Å². The zero-order chi connectivity index (χ0) is 15.6. The van der Waals surface area contributed by atoms with Gasteiger partial charge in [-0.25, -0.2) is 0 Å². The molecule has 1 amide bonds. The van der Waals surface area contributed by atoms with Crippen LogP contribution >= 0.6 is 28.3 Å². The Morgan fingerprint density at radius 3 is 2.68 bits per heavy atom. The first-order chi connectivity index (χ1) is 9.77. The Morgan fingerprint density at radius 2 is 2.09 bits per heavy atom. The smallest absolute Gasteiger partial charge is 0.326 e. The summed E-state index contributed by atoms with van der Waals surface area (Å²) in [5, 5.41) is 5.82. The average Bonchev–Trinajstić information content (AvgIpc) is 2.39. The van der Waals surface area contributed by atoms with Gasteiger partial charge in [0.25, 0.3) is 0 Å². The van der Waals surface area contributed by atoms with Crippen molar-refractivity contribution in [1.29, 1.82) is 0 Å². The number of benzene rings is 1. The third-order valence-corrected chi connectivity index (χ3v) is 4.23. The predicted molar refractivity (Wildman–Crippen MR) is 85.2 cm³/mol. The van der Waals surface area contributed by atoms with Crippen molar-refractivity contribution in [2.24, 2.45) is 5.92 Å². The van der Waals surface area contributed by atoms with E-state index in [1.165, 1.54) is 12.1 Å². The van der Waals surface area contributed by atoms with Crippen molar-refractivity contribution in [3.63, 3.8) is 0 Å². The molecule has 3 nitrogen and oxygen atoms in total. The predicted octanol–water partition coefficient (Wildman–Crippen LogP) is 4.22. The van der Waals surface area contributed by atoms with Gasteiger partial charge >= 0.3 is 6.18 Å². The molecule has 1 aromatic carbocycles. The van der Waals surface area contributed by atoms with Gasteiger partial charge < -0.3 is 10.6 Å². The molecule has 2 rings (SSSR count). The topological polar surface area (TPSA) is 41.1 Å². The summed E-state index contributed by atoms with van der Waals surface area (Å²) in [6, 6.07) is 3.95. The minimum absolute atomic E-state index is 0.